The summed E-state index contributed by atoms with van der Waals surface area (Å²) in [5.41, 5.74) is -1.30. The number of aromatic nitrogens is 2. The topological polar surface area (TPSA) is 158 Å². The van der Waals surface area contributed by atoms with E-state index in [1.54, 1.807) is 32.0 Å². The number of aliphatic hydroxyl groups is 1. The molecule has 0 spiro atoms. The molecule has 12 nitrogen and oxygen atoms in total. The van der Waals surface area contributed by atoms with Crippen LogP contribution in [0.25, 0.3) is 0 Å². The molecule has 2 heterocycles. The van der Waals surface area contributed by atoms with Crippen molar-refractivity contribution in [2.45, 2.75) is 62.6 Å². The lowest BCUT2D eigenvalue weighted by Crippen LogP contribution is -2.42. The summed E-state index contributed by atoms with van der Waals surface area (Å²) < 4.78 is 34.4. The number of ether oxygens (including phenoxy) is 2. The van der Waals surface area contributed by atoms with Crippen molar-refractivity contribution in [3.63, 3.8) is 0 Å². The highest BCUT2D eigenvalue weighted by atomic mass is 35.5. The number of aromatic amines is 1. The average Bonchev–Trinajstić information content (AvgIpc) is 3.03. The second kappa shape index (κ2) is 11.7. The first kappa shape index (κ1) is 29.4. The van der Waals surface area contributed by atoms with Crippen LogP contribution in [0.15, 0.2) is 46.1 Å². The lowest BCUT2D eigenvalue weighted by atomic mass is 10.1. The number of aryl methyl sites for hydroxylation is 1. The number of para-hydroxylation sites is 1. The van der Waals surface area contributed by atoms with Crippen LogP contribution in [0.3, 0.4) is 0 Å². The molecule has 1 saturated heterocycles. The van der Waals surface area contributed by atoms with Crippen LogP contribution in [0, 0.1) is 6.92 Å². The molecule has 1 aliphatic rings. The Morgan fingerprint density at radius 1 is 1.27 bits per heavy atom. The van der Waals surface area contributed by atoms with Gasteiger partial charge in [-0.05, 0) is 39.8 Å². The largest absolute Gasteiger partial charge is 0.462 e. The van der Waals surface area contributed by atoms with E-state index in [9.17, 15) is 24.1 Å². The van der Waals surface area contributed by atoms with E-state index in [0.29, 0.717) is 0 Å². The number of aliphatic hydroxyl groups excluding tert-OH is 1. The first-order valence-electron chi connectivity index (χ1n) is 11.2. The van der Waals surface area contributed by atoms with Crippen molar-refractivity contribution < 1.29 is 33.0 Å². The molecule has 1 unspecified atom stereocenters. The van der Waals surface area contributed by atoms with E-state index in [1.807, 2.05) is 0 Å². The van der Waals surface area contributed by atoms with E-state index < -0.39 is 66.5 Å². The Hall–Kier alpha value is -2.18. The molecule has 0 bridgehead atoms. The van der Waals surface area contributed by atoms with Gasteiger partial charge in [0, 0.05) is 11.8 Å². The zero-order valence-electron chi connectivity index (χ0n) is 20.4. The SMILES string of the molecule is Cc1cn(C2O[C@H](CO[P@](=O)(N[C@@H](C)C(=O)OC(C)C)Oc3ccccc3)[C@@H](O)C2(Cl)Cl)c(=O)[nH]c1=O. The minimum atomic E-state index is -4.28. The molecule has 5 atom stereocenters. The molecule has 0 saturated carbocycles. The number of H-pyrrole nitrogens is 1. The normalized spacial score (nSPS) is 23.4. The number of hydrogen-bond donors (Lipinski definition) is 3. The van der Waals surface area contributed by atoms with Gasteiger partial charge >= 0.3 is 19.4 Å². The van der Waals surface area contributed by atoms with Gasteiger partial charge in [-0.25, -0.2) is 9.36 Å². The van der Waals surface area contributed by atoms with Crippen molar-refractivity contribution in [3.8, 4) is 5.75 Å². The Morgan fingerprint density at radius 2 is 1.92 bits per heavy atom. The third kappa shape index (κ3) is 7.02. The molecule has 1 aliphatic heterocycles. The number of benzene rings is 1. The first-order chi connectivity index (χ1) is 17.2. The fraction of sp³-hybridized carbons (Fsp3) is 0.500. The molecule has 37 heavy (non-hydrogen) atoms. The van der Waals surface area contributed by atoms with E-state index in [4.69, 9.17) is 41.7 Å². The number of rotatable bonds is 10. The standard InChI is InChI=1S/C22H28Cl2N3O9P/c1-12(2)34-19(30)14(4)26-37(32,36-15-8-6-5-7-9-15)33-11-16-17(28)22(23,24)20(35-16)27-10-13(3)18(29)25-21(27)31/h5-10,12,14,16-17,20,28H,11H2,1-4H3,(H,26,32)(H,25,29,31)/t14-,16+,17+,20?,37+/m0/s1. The minimum absolute atomic E-state index is 0.174. The predicted octanol–water partition coefficient (Wildman–Crippen LogP) is 2.41. The fourth-order valence-corrected chi connectivity index (χ4v) is 5.47. The highest BCUT2D eigenvalue weighted by Crippen LogP contribution is 2.49. The molecule has 0 aliphatic carbocycles. The number of alkyl halides is 2. The zero-order valence-corrected chi connectivity index (χ0v) is 22.8. The minimum Gasteiger partial charge on any atom is -0.462 e. The van der Waals surface area contributed by atoms with Crippen LogP contribution in [0.1, 0.15) is 32.6 Å². The maximum Gasteiger partial charge on any atom is 0.459 e. The molecule has 0 amide bonds. The average molecular weight is 580 g/mol. The van der Waals surface area contributed by atoms with E-state index in [1.165, 1.54) is 32.2 Å². The van der Waals surface area contributed by atoms with Gasteiger partial charge in [-0.3, -0.25) is 23.7 Å². The highest BCUT2D eigenvalue weighted by Gasteiger charge is 2.56. The van der Waals surface area contributed by atoms with E-state index in [-0.39, 0.29) is 11.3 Å². The Morgan fingerprint density at radius 3 is 2.54 bits per heavy atom. The first-order valence-corrected chi connectivity index (χ1v) is 13.5. The van der Waals surface area contributed by atoms with Crippen LogP contribution in [-0.2, 0) is 23.4 Å². The van der Waals surface area contributed by atoms with Gasteiger partial charge in [-0.2, -0.15) is 5.09 Å². The van der Waals surface area contributed by atoms with Gasteiger partial charge in [0.05, 0.1) is 12.7 Å². The Balaban J connectivity index is 1.82. The van der Waals surface area contributed by atoms with Gasteiger partial charge in [-0.1, -0.05) is 41.4 Å². The van der Waals surface area contributed by atoms with Crippen LogP contribution >= 0.6 is 30.9 Å². The second-order valence-electron chi connectivity index (χ2n) is 8.66. The van der Waals surface area contributed by atoms with Crippen LogP contribution in [0.2, 0.25) is 0 Å². The maximum absolute atomic E-state index is 13.6. The number of nitrogens with zero attached hydrogens (tertiary/aromatic N) is 1. The molecular formula is C22H28Cl2N3O9P. The lowest BCUT2D eigenvalue weighted by Gasteiger charge is -2.25. The van der Waals surface area contributed by atoms with Gasteiger partial charge in [-0.15, -0.1) is 0 Å². The van der Waals surface area contributed by atoms with Gasteiger partial charge < -0.3 is 19.1 Å². The number of halogens is 2. The third-order valence-electron chi connectivity index (χ3n) is 5.21. The fourth-order valence-electron chi connectivity index (χ4n) is 3.37. The molecule has 0 radical (unpaired) electrons. The number of carbonyl (C=O) groups is 1. The third-order valence-corrected chi connectivity index (χ3v) is 7.68. The summed E-state index contributed by atoms with van der Waals surface area (Å²) in [6, 6.07) is 6.96. The van der Waals surface area contributed by atoms with E-state index >= 15 is 0 Å². The second-order valence-corrected chi connectivity index (χ2v) is 11.8. The van der Waals surface area contributed by atoms with E-state index in [2.05, 4.69) is 10.1 Å². The smallest absolute Gasteiger partial charge is 0.459 e. The van der Waals surface area contributed by atoms with Gasteiger partial charge in [0.15, 0.2) is 10.6 Å². The number of esters is 1. The molecule has 1 fully saturated rings. The molecule has 15 heteroatoms. The summed E-state index contributed by atoms with van der Waals surface area (Å²) in [5.74, 6) is -0.520. The molecule has 204 valence electrons. The number of carbonyl (C=O) groups excluding carboxylic acids is 1. The summed E-state index contributed by atoms with van der Waals surface area (Å²) in [4.78, 5) is 38.5. The Bertz CT molecular complexity index is 1270. The van der Waals surface area contributed by atoms with Crippen molar-refractivity contribution in [1.29, 1.82) is 0 Å². The maximum atomic E-state index is 13.6. The number of hydrogen-bond acceptors (Lipinski definition) is 9. The van der Waals surface area contributed by atoms with Crippen molar-refractivity contribution >= 4 is 36.9 Å². The molecule has 1 aromatic carbocycles. The molecular weight excluding hydrogens is 552 g/mol. The monoisotopic (exact) mass is 579 g/mol. The van der Waals surface area contributed by atoms with Crippen LogP contribution < -0.4 is 20.9 Å². The van der Waals surface area contributed by atoms with Gasteiger partial charge in [0.1, 0.15) is 24.0 Å². The summed E-state index contributed by atoms with van der Waals surface area (Å²) >= 11 is 12.7. The summed E-state index contributed by atoms with van der Waals surface area (Å²) in [6.07, 6.45) is -3.55. The quantitative estimate of drug-likeness (QED) is 0.217. The zero-order chi connectivity index (χ0) is 27.5. The Kier molecular flexibility index (Phi) is 9.28. The molecule has 1 aromatic heterocycles. The van der Waals surface area contributed by atoms with Crippen molar-refractivity contribution in [2.75, 3.05) is 6.61 Å². The Labute approximate surface area is 222 Å². The van der Waals surface area contributed by atoms with Gasteiger partial charge in [0.2, 0.25) is 0 Å². The van der Waals surface area contributed by atoms with Crippen LogP contribution in [-0.4, -0.2) is 55.9 Å². The number of nitrogens with one attached hydrogen (secondary N) is 2. The summed E-state index contributed by atoms with van der Waals surface area (Å²) in [6.45, 7) is 5.63. The molecule has 2 aromatic rings. The van der Waals surface area contributed by atoms with E-state index in [0.717, 1.165) is 4.57 Å². The highest BCUT2D eigenvalue weighted by molar-refractivity contribution is 7.52. The molecule has 3 rings (SSSR count). The van der Waals surface area contributed by atoms with Crippen molar-refractivity contribution in [2.24, 2.45) is 0 Å². The van der Waals surface area contributed by atoms with Crippen LogP contribution in [0.5, 0.6) is 5.75 Å². The predicted molar refractivity (Wildman–Crippen MR) is 135 cm³/mol. The summed E-state index contributed by atoms with van der Waals surface area (Å²) in [7, 11) is -4.28. The van der Waals surface area contributed by atoms with Gasteiger partial charge in [0.25, 0.3) is 5.56 Å². The van der Waals surface area contributed by atoms with Crippen LogP contribution in [0.4, 0.5) is 0 Å². The van der Waals surface area contributed by atoms with Crippen molar-refractivity contribution in [1.82, 2.24) is 14.6 Å². The molecule has 3 N–H and O–H groups in total. The van der Waals surface area contributed by atoms with Crippen molar-refractivity contribution in [3.05, 3.63) is 62.9 Å². The summed E-state index contributed by atoms with van der Waals surface area (Å²) in [5, 5.41) is 13.2. The lowest BCUT2D eigenvalue weighted by molar-refractivity contribution is -0.149.